The van der Waals surface area contributed by atoms with Crippen molar-refractivity contribution in [3.63, 3.8) is 0 Å². The average molecular weight is 377 g/mol. The third-order valence-corrected chi connectivity index (χ3v) is 3.31. The number of hydrogen-bond acceptors (Lipinski definition) is 7. The van der Waals surface area contributed by atoms with Gasteiger partial charge in [-0.15, -0.1) is 0 Å². The number of phosphoric ester groups is 1. The smallest absolute Gasteiger partial charge is 1.00 e. The second kappa shape index (κ2) is 11.8. The quantitative estimate of drug-likeness (QED) is 0.203. The second-order valence-corrected chi connectivity index (χ2v) is 6.54. The summed E-state index contributed by atoms with van der Waals surface area (Å²) >= 11 is 0. The van der Waals surface area contributed by atoms with Crippen molar-refractivity contribution in [1.29, 1.82) is 0 Å². The van der Waals surface area contributed by atoms with Gasteiger partial charge in [0.25, 0.3) is 0 Å². The normalized spacial score (nSPS) is 15.6. The summed E-state index contributed by atoms with van der Waals surface area (Å²) in [5.74, 6) is -2.50. The minimum absolute atomic E-state index is 0. The van der Waals surface area contributed by atoms with E-state index in [1.807, 2.05) is 0 Å². The summed E-state index contributed by atoms with van der Waals surface area (Å²) in [6.45, 7) is 12.9. The van der Waals surface area contributed by atoms with Gasteiger partial charge in [0.2, 0.25) is 12.6 Å². The van der Waals surface area contributed by atoms with Crippen molar-refractivity contribution in [2.75, 3.05) is 0 Å². The molecule has 0 aromatic rings. The maximum atomic E-state index is 12.1. The molecule has 2 atom stereocenters. The van der Waals surface area contributed by atoms with Crippen LogP contribution in [-0.4, -0.2) is 52.5 Å². The van der Waals surface area contributed by atoms with Gasteiger partial charge in [0.15, 0.2) is 0 Å². The van der Waals surface area contributed by atoms with E-state index in [1.165, 1.54) is 0 Å². The number of ether oxygens (including phenoxy) is 2. The first-order chi connectivity index (χ1) is 10.5. The molecule has 0 spiro atoms. The van der Waals surface area contributed by atoms with Crippen LogP contribution >= 0.6 is 7.82 Å². The molecule has 0 aromatic carbocycles. The number of rotatable bonds is 10. The number of phosphoric acid groups is 1. The fraction of sp³-hybridized carbons (Fsp3) is 0.571. The van der Waals surface area contributed by atoms with Crippen LogP contribution in [0.25, 0.3) is 0 Å². The zero-order chi connectivity index (χ0) is 18.2. The van der Waals surface area contributed by atoms with E-state index in [2.05, 4.69) is 13.2 Å². The Hall–Kier alpha value is -0.704. The van der Waals surface area contributed by atoms with E-state index < -0.39 is 44.2 Å². The first kappa shape index (κ1) is 25.5. The summed E-state index contributed by atoms with van der Waals surface area (Å²) in [6.07, 6.45) is -0.881. The largest absolute Gasteiger partial charge is 2.00 e. The van der Waals surface area contributed by atoms with Gasteiger partial charge in [-0.3, -0.25) is 0 Å². The third kappa shape index (κ3) is 10.2. The van der Waals surface area contributed by atoms with E-state index in [9.17, 15) is 19.0 Å². The Morgan fingerprint density at radius 2 is 1.25 bits per heavy atom. The Labute approximate surface area is 160 Å². The van der Waals surface area contributed by atoms with Crippen LogP contribution in [0.5, 0.6) is 0 Å². The van der Waals surface area contributed by atoms with E-state index in [1.54, 1.807) is 27.7 Å². The second-order valence-electron chi connectivity index (χ2n) is 5.19. The Morgan fingerprint density at radius 3 is 1.46 bits per heavy atom. The van der Waals surface area contributed by atoms with Crippen LogP contribution < -0.4 is 0 Å². The molecule has 0 aromatic heterocycles. The van der Waals surface area contributed by atoms with Gasteiger partial charge in [-0.2, -0.15) is 0 Å². The van der Waals surface area contributed by atoms with Crippen LogP contribution in [0.15, 0.2) is 25.3 Å². The number of hydrogen-bond donors (Lipinski definition) is 1. The van der Waals surface area contributed by atoms with Crippen LogP contribution in [0.2, 0.25) is 0 Å². The molecule has 0 aliphatic carbocycles. The fourth-order valence-electron chi connectivity index (χ4n) is 1.17. The van der Waals surface area contributed by atoms with Gasteiger partial charge >= 0.3 is 42.8 Å². The van der Waals surface area contributed by atoms with Crippen LogP contribution in [0.1, 0.15) is 30.5 Å². The maximum absolute atomic E-state index is 12.1. The van der Waals surface area contributed by atoms with Gasteiger partial charge in [0.1, 0.15) is 0 Å². The van der Waals surface area contributed by atoms with Gasteiger partial charge in [-0.25, -0.2) is 23.2 Å². The van der Waals surface area contributed by atoms with Crippen LogP contribution in [0, 0.1) is 11.8 Å². The van der Waals surface area contributed by atoms with E-state index in [0.29, 0.717) is 0 Å². The first-order valence-corrected chi connectivity index (χ1v) is 8.37. The molecule has 0 bridgehead atoms. The molecule has 8 nitrogen and oxygen atoms in total. The Kier molecular flexibility index (Phi) is 12.5. The van der Waals surface area contributed by atoms with Crippen LogP contribution in [0.3, 0.4) is 0 Å². The molecule has 0 aliphatic rings. The van der Waals surface area contributed by atoms with Gasteiger partial charge in [-0.05, 0) is 0 Å². The zero-order valence-corrected chi connectivity index (χ0v) is 16.6. The topological polar surface area (TPSA) is 108 Å². The molecule has 10 heteroatoms. The number of carbonyl (C=O) groups is 2. The summed E-state index contributed by atoms with van der Waals surface area (Å²) in [6, 6.07) is 0. The molecule has 24 heavy (non-hydrogen) atoms. The molecule has 0 radical (unpaired) electrons. The fourth-order valence-corrected chi connectivity index (χ4v) is 2.32. The Morgan fingerprint density at radius 1 is 0.958 bits per heavy atom. The van der Waals surface area contributed by atoms with Crippen LogP contribution in [0.4, 0.5) is 0 Å². The van der Waals surface area contributed by atoms with Crippen LogP contribution in [-0.2, 0) is 32.7 Å². The Bertz CT molecular complexity index is 461. The molecule has 0 aliphatic heterocycles. The van der Waals surface area contributed by atoms with Crippen molar-refractivity contribution in [1.82, 2.24) is 0 Å². The van der Waals surface area contributed by atoms with Crippen molar-refractivity contribution in [3.8, 4) is 0 Å². The first-order valence-electron chi connectivity index (χ1n) is 6.88. The minimum Gasteiger partial charge on any atom is -1.00 e. The van der Waals surface area contributed by atoms with Gasteiger partial charge in [-0.1, -0.05) is 40.9 Å². The van der Waals surface area contributed by atoms with Gasteiger partial charge in [0, 0.05) is 24.0 Å². The molecular formula is C14H25MgO8P. The van der Waals surface area contributed by atoms with E-state index in [-0.39, 0.29) is 25.9 Å². The molecule has 0 amide bonds. The molecule has 0 heterocycles. The number of carbonyl (C=O) groups excluding carboxylic acids is 2. The van der Waals surface area contributed by atoms with Gasteiger partial charge in [0.05, 0.1) is 0 Å². The summed E-state index contributed by atoms with van der Waals surface area (Å²) < 4.78 is 31.4. The average Bonchev–Trinajstić information content (AvgIpc) is 2.44. The molecule has 0 rings (SSSR count). The summed E-state index contributed by atoms with van der Waals surface area (Å²) in [5.41, 5.74) is 0. The zero-order valence-electron chi connectivity index (χ0n) is 16.3. The molecular weight excluding hydrogens is 351 g/mol. The molecule has 2 unspecified atom stereocenters. The monoisotopic (exact) mass is 376 g/mol. The van der Waals surface area contributed by atoms with E-state index >= 15 is 0 Å². The standard InChI is InChI=1S/C14H23O8P.Mg.2H/c1-7-11(15)19-13(9(3)4)21-23(17,18)22-14(10(5)6)20-12(16)8-2;;;/h7-10,13-14H,1-2H2,3-6H3,(H,17,18);;;/q;+2;2*-1. The van der Waals surface area contributed by atoms with E-state index in [4.69, 9.17) is 18.5 Å². The molecule has 0 saturated heterocycles. The van der Waals surface area contributed by atoms with E-state index in [0.717, 1.165) is 12.2 Å². The summed E-state index contributed by atoms with van der Waals surface area (Å²) in [5, 5.41) is 0. The van der Waals surface area contributed by atoms with Crippen molar-refractivity contribution in [2.24, 2.45) is 11.8 Å². The minimum atomic E-state index is -4.67. The molecule has 0 fully saturated rings. The molecule has 0 saturated carbocycles. The SMILES string of the molecule is C=CC(=O)OC(OP(=O)(O)OC(OC(=O)C=C)C(C)C)C(C)C.[H-].[H-].[Mg+2]. The van der Waals surface area contributed by atoms with Crippen molar-refractivity contribution in [3.05, 3.63) is 25.3 Å². The van der Waals surface area contributed by atoms with Crippen molar-refractivity contribution < 1.29 is 40.4 Å². The predicted molar refractivity (Wildman–Crippen MR) is 89.8 cm³/mol. The summed E-state index contributed by atoms with van der Waals surface area (Å²) in [4.78, 5) is 32.2. The number of esters is 2. The molecule has 1 N–H and O–H groups in total. The Balaban J connectivity index is -0.000000807. The third-order valence-electron chi connectivity index (χ3n) is 2.36. The summed E-state index contributed by atoms with van der Waals surface area (Å²) in [7, 11) is -4.67. The molecule has 136 valence electrons. The van der Waals surface area contributed by atoms with Gasteiger partial charge < -0.3 is 17.2 Å². The predicted octanol–water partition coefficient (Wildman–Crippen LogP) is 2.39. The van der Waals surface area contributed by atoms with Crippen molar-refractivity contribution in [2.45, 2.75) is 40.3 Å². The maximum Gasteiger partial charge on any atom is 2.00 e. The van der Waals surface area contributed by atoms with Crippen molar-refractivity contribution >= 4 is 42.8 Å².